The summed E-state index contributed by atoms with van der Waals surface area (Å²) in [6.07, 6.45) is 1.51. The van der Waals surface area contributed by atoms with E-state index in [-0.39, 0.29) is 11.9 Å². The minimum Gasteiger partial charge on any atom is -0.340 e. The molecule has 0 radical (unpaired) electrons. The molecule has 1 unspecified atom stereocenters. The highest BCUT2D eigenvalue weighted by atomic mass is 79.9. The molecule has 1 aromatic rings. The number of hydrogen-bond donors (Lipinski definition) is 0. The summed E-state index contributed by atoms with van der Waals surface area (Å²) in [5, 5.41) is 9.49. The number of amides is 1. The Morgan fingerprint density at radius 2 is 2.10 bits per heavy atom. The number of halogens is 1. The lowest BCUT2D eigenvalue weighted by Crippen LogP contribution is -2.49. The fraction of sp³-hybridized carbons (Fsp3) is 0.500. The topological polar surface area (TPSA) is 47.3 Å². The quantitative estimate of drug-likeness (QED) is 0.839. The lowest BCUT2D eigenvalue weighted by Gasteiger charge is -2.37. The van der Waals surface area contributed by atoms with Gasteiger partial charge in [-0.2, -0.15) is 5.26 Å². The maximum atomic E-state index is 11.9. The van der Waals surface area contributed by atoms with Gasteiger partial charge in [-0.1, -0.05) is 35.0 Å². The summed E-state index contributed by atoms with van der Waals surface area (Å²) in [4.78, 5) is 16.0. The Kier molecular flexibility index (Phi) is 5.77. The molecule has 2 rings (SSSR count). The number of benzene rings is 1. The molecule has 1 aromatic carbocycles. The third-order valence-electron chi connectivity index (χ3n) is 3.78. The molecular formula is C16H20BrN3O. The van der Waals surface area contributed by atoms with Gasteiger partial charge in [0.1, 0.15) is 6.04 Å². The fourth-order valence-corrected chi connectivity index (χ4v) is 3.06. The number of carbonyl (C=O) groups is 1. The Bertz CT molecular complexity index is 533. The largest absolute Gasteiger partial charge is 0.340 e. The van der Waals surface area contributed by atoms with Crippen molar-refractivity contribution < 1.29 is 4.79 Å². The number of nitriles is 1. The van der Waals surface area contributed by atoms with Crippen molar-refractivity contribution in [2.45, 2.75) is 25.8 Å². The first kappa shape index (κ1) is 16.0. The van der Waals surface area contributed by atoms with Gasteiger partial charge in [-0.15, -0.1) is 0 Å². The molecule has 21 heavy (non-hydrogen) atoms. The van der Waals surface area contributed by atoms with Crippen LogP contribution in [0.3, 0.4) is 0 Å². The summed E-state index contributed by atoms with van der Waals surface area (Å²) in [5.74, 6) is 0.230. The summed E-state index contributed by atoms with van der Waals surface area (Å²) in [7, 11) is 0. The molecule has 1 aliphatic heterocycles. The second kappa shape index (κ2) is 7.58. The first-order chi connectivity index (χ1) is 10.2. The molecule has 0 aliphatic carbocycles. The molecule has 1 amide bonds. The summed E-state index contributed by atoms with van der Waals surface area (Å²) < 4.78 is 0.983. The van der Waals surface area contributed by atoms with E-state index in [1.54, 1.807) is 0 Å². The van der Waals surface area contributed by atoms with E-state index in [1.807, 2.05) is 36.1 Å². The first-order valence-electron chi connectivity index (χ1n) is 7.32. The highest BCUT2D eigenvalue weighted by Crippen LogP contribution is 2.24. The molecule has 0 saturated carbocycles. The average Bonchev–Trinajstić information content (AvgIpc) is 2.49. The molecule has 0 bridgehead atoms. The SMILES string of the molecule is CCCC(=O)N1CCN(C(C#N)c2cccc(Br)c2)CC1. The van der Waals surface area contributed by atoms with E-state index in [9.17, 15) is 10.1 Å². The van der Waals surface area contributed by atoms with Crippen molar-refractivity contribution in [3.8, 4) is 6.07 Å². The van der Waals surface area contributed by atoms with Crippen molar-refractivity contribution in [3.63, 3.8) is 0 Å². The van der Waals surface area contributed by atoms with Crippen LogP contribution in [0.4, 0.5) is 0 Å². The van der Waals surface area contributed by atoms with E-state index in [0.717, 1.165) is 29.5 Å². The Hall–Kier alpha value is -1.38. The molecule has 112 valence electrons. The minimum absolute atomic E-state index is 0.230. The van der Waals surface area contributed by atoms with Gasteiger partial charge >= 0.3 is 0 Å². The Balaban J connectivity index is 2.00. The first-order valence-corrected chi connectivity index (χ1v) is 8.12. The van der Waals surface area contributed by atoms with Crippen molar-refractivity contribution in [1.82, 2.24) is 9.80 Å². The Morgan fingerprint density at radius 3 is 2.67 bits per heavy atom. The van der Waals surface area contributed by atoms with Crippen molar-refractivity contribution in [1.29, 1.82) is 5.26 Å². The maximum absolute atomic E-state index is 11.9. The zero-order chi connectivity index (χ0) is 15.2. The molecule has 0 aromatic heterocycles. The van der Waals surface area contributed by atoms with E-state index in [2.05, 4.69) is 26.9 Å². The van der Waals surface area contributed by atoms with Crippen LogP contribution in [0.25, 0.3) is 0 Å². The molecule has 0 N–H and O–H groups in total. The van der Waals surface area contributed by atoms with Gasteiger partial charge in [0.2, 0.25) is 5.91 Å². The Labute approximate surface area is 134 Å². The minimum atomic E-state index is -0.245. The maximum Gasteiger partial charge on any atom is 0.222 e. The number of piperazine rings is 1. The Morgan fingerprint density at radius 1 is 1.38 bits per heavy atom. The molecule has 1 heterocycles. The monoisotopic (exact) mass is 349 g/mol. The van der Waals surface area contributed by atoms with E-state index >= 15 is 0 Å². The normalized spacial score (nSPS) is 17.3. The number of carbonyl (C=O) groups excluding carboxylic acids is 1. The van der Waals surface area contributed by atoms with Crippen molar-refractivity contribution in [2.75, 3.05) is 26.2 Å². The van der Waals surface area contributed by atoms with Crippen LogP contribution in [-0.4, -0.2) is 41.9 Å². The van der Waals surface area contributed by atoms with E-state index in [4.69, 9.17) is 0 Å². The van der Waals surface area contributed by atoms with E-state index < -0.39 is 0 Å². The standard InChI is InChI=1S/C16H20BrN3O/c1-2-4-16(21)20-9-7-19(8-10-20)15(12-18)13-5-3-6-14(17)11-13/h3,5-6,11,15H,2,4,7-10H2,1H3. The zero-order valence-electron chi connectivity index (χ0n) is 12.3. The number of rotatable bonds is 4. The molecule has 4 nitrogen and oxygen atoms in total. The number of hydrogen-bond acceptors (Lipinski definition) is 3. The third-order valence-corrected chi connectivity index (χ3v) is 4.28. The lowest BCUT2D eigenvalue weighted by atomic mass is 10.1. The molecule has 1 atom stereocenters. The summed E-state index contributed by atoms with van der Waals surface area (Å²) in [5.41, 5.74) is 1.00. The van der Waals surface area contributed by atoms with Gasteiger partial charge in [-0.3, -0.25) is 9.69 Å². The van der Waals surface area contributed by atoms with Crippen LogP contribution in [-0.2, 0) is 4.79 Å². The highest BCUT2D eigenvalue weighted by Gasteiger charge is 2.26. The predicted molar refractivity (Wildman–Crippen MR) is 85.6 cm³/mol. The second-order valence-corrected chi connectivity index (χ2v) is 6.17. The molecule has 1 fully saturated rings. The van der Waals surface area contributed by atoms with Gasteiger partial charge in [-0.25, -0.2) is 0 Å². The average molecular weight is 350 g/mol. The van der Waals surface area contributed by atoms with Crippen LogP contribution >= 0.6 is 15.9 Å². The second-order valence-electron chi connectivity index (χ2n) is 5.25. The van der Waals surface area contributed by atoms with Gasteiger partial charge in [0.15, 0.2) is 0 Å². The van der Waals surface area contributed by atoms with Crippen molar-refractivity contribution in [3.05, 3.63) is 34.3 Å². The summed E-state index contributed by atoms with van der Waals surface area (Å²) >= 11 is 3.45. The highest BCUT2D eigenvalue weighted by molar-refractivity contribution is 9.10. The van der Waals surface area contributed by atoms with Gasteiger partial charge in [0.05, 0.1) is 6.07 Å². The molecule has 1 saturated heterocycles. The summed E-state index contributed by atoms with van der Waals surface area (Å²) in [6, 6.07) is 10.0. The fourth-order valence-electron chi connectivity index (χ4n) is 2.65. The van der Waals surface area contributed by atoms with Crippen LogP contribution < -0.4 is 0 Å². The van der Waals surface area contributed by atoms with Crippen molar-refractivity contribution in [2.24, 2.45) is 0 Å². The lowest BCUT2D eigenvalue weighted by molar-refractivity contribution is -0.133. The molecular weight excluding hydrogens is 330 g/mol. The van der Waals surface area contributed by atoms with Crippen LogP contribution in [0.15, 0.2) is 28.7 Å². The van der Waals surface area contributed by atoms with Gasteiger partial charge in [0, 0.05) is 37.1 Å². The van der Waals surface area contributed by atoms with Crippen LogP contribution in [0.2, 0.25) is 0 Å². The molecule has 1 aliphatic rings. The molecule has 5 heteroatoms. The molecule has 0 spiro atoms. The smallest absolute Gasteiger partial charge is 0.222 e. The van der Waals surface area contributed by atoms with Crippen LogP contribution in [0.1, 0.15) is 31.4 Å². The van der Waals surface area contributed by atoms with Crippen LogP contribution in [0, 0.1) is 11.3 Å². The van der Waals surface area contributed by atoms with E-state index in [0.29, 0.717) is 19.5 Å². The van der Waals surface area contributed by atoms with Crippen LogP contribution in [0.5, 0.6) is 0 Å². The predicted octanol–water partition coefficient (Wildman–Crippen LogP) is 2.96. The zero-order valence-corrected chi connectivity index (χ0v) is 13.8. The number of nitrogens with zero attached hydrogens (tertiary/aromatic N) is 3. The van der Waals surface area contributed by atoms with Gasteiger partial charge in [0.25, 0.3) is 0 Å². The third kappa shape index (κ3) is 4.05. The van der Waals surface area contributed by atoms with Crippen molar-refractivity contribution >= 4 is 21.8 Å². The summed E-state index contributed by atoms with van der Waals surface area (Å²) in [6.45, 7) is 4.95. The van der Waals surface area contributed by atoms with E-state index in [1.165, 1.54) is 0 Å². The van der Waals surface area contributed by atoms with Gasteiger partial charge < -0.3 is 4.90 Å². The van der Waals surface area contributed by atoms with Gasteiger partial charge in [-0.05, 0) is 24.1 Å².